The molecule has 146 valence electrons. The number of aliphatic imine (C=N–C) groups is 1. The molecule has 28 heavy (non-hydrogen) atoms. The summed E-state index contributed by atoms with van der Waals surface area (Å²) >= 11 is 0. The fourth-order valence-corrected chi connectivity index (χ4v) is 2.45. The molecule has 0 spiro atoms. The summed E-state index contributed by atoms with van der Waals surface area (Å²) < 4.78 is 18.7. The lowest BCUT2D eigenvalue weighted by Crippen LogP contribution is -2.22. The van der Waals surface area contributed by atoms with E-state index in [0.717, 1.165) is 17.7 Å². The molecule has 0 radical (unpaired) electrons. The lowest BCUT2D eigenvalue weighted by atomic mass is 10.1. The monoisotopic (exact) mass is 492 g/mol. The smallest absolute Gasteiger partial charge is 0.219 e. The summed E-state index contributed by atoms with van der Waals surface area (Å²) in [5, 5.41) is 3.08. The zero-order valence-electron chi connectivity index (χ0n) is 15.4. The second-order valence-electron chi connectivity index (χ2n) is 5.94. The molecule has 3 N–H and O–H groups in total. The van der Waals surface area contributed by atoms with E-state index >= 15 is 0 Å². The highest BCUT2D eigenvalue weighted by molar-refractivity contribution is 14.0. The molecule has 0 aliphatic carbocycles. The zero-order chi connectivity index (χ0) is 19.1. The molecule has 1 heterocycles. The molecule has 5 nitrogen and oxygen atoms in total. The lowest BCUT2D eigenvalue weighted by Gasteiger charge is -2.07. The first-order valence-corrected chi connectivity index (χ1v) is 8.66. The Balaban J connectivity index is 0.00000280. The molecular formula is C21H22FIN4O. The molecule has 0 bridgehead atoms. The Kier molecular flexibility index (Phi) is 8.19. The van der Waals surface area contributed by atoms with Gasteiger partial charge in [-0.25, -0.2) is 14.4 Å². The number of benzene rings is 2. The fraction of sp³-hybridized carbons (Fsp3) is 0.143. The van der Waals surface area contributed by atoms with Crippen LogP contribution in [0.3, 0.4) is 0 Å². The molecule has 7 heteroatoms. The summed E-state index contributed by atoms with van der Waals surface area (Å²) in [6.45, 7) is 2.49. The van der Waals surface area contributed by atoms with Gasteiger partial charge in [-0.05, 0) is 41.8 Å². The van der Waals surface area contributed by atoms with Crippen LogP contribution in [0.15, 0.2) is 71.9 Å². The average Bonchev–Trinajstić information content (AvgIpc) is 2.68. The number of guanidine groups is 1. The van der Waals surface area contributed by atoms with Crippen molar-refractivity contribution in [2.45, 2.75) is 19.9 Å². The number of pyridine rings is 1. The van der Waals surface area contributed by atoms with Crippen molar-refractivity contribution in [1.29, 1.82) is 0 Å². The van der Waals surface area contributed by atoms with Crippen LogP contribution in [0.1, 0.15) is 18.1 Å². The van der Waals surface area contributed by atoms with Crippen LogP contribution in [0.2, 0.25) is 0 Å². The second-order valence-corrected chi connectivity index (χ2v) is 5.94. The van der Waals surface area contributed by atoms with E-state index in [1.807, 2.05) is 24.3 Å². The highest BCUT2D eigenvalue weighted by Crippen LogP contribution is 2.20. The summed E-state index contributed by atoms with van der Waals surface area (Å²) in [6, 6.07) is 17.5. The van der Waals surface area contributed by atoms with Gasteiger partial charge < -0.3 is 15.8 Å². The molecule has 0 fully saturated rings. The van der Waals surface area contributed by atoms with Gasteiger partial charge in [-0.15, -0.1) is 24.0 Å². The minimum Gasteiger partial charge on any atom is -0.439 e. The Morgan fingerprint density at radius 3 is 2.64 bits per heavy atom. The van der Waals surface area contributed by atoms with Crippen molar-refractivity contribution in [1.82, 2.24) is 4.98 Å². The first-order chi connectivity index (χ1) is 13.1. The topological polar surface area (TPSA) is 72.5 Å². The van der Waals surface area contributed by atoms with Crippen LogP contribution in [0.5, 0.6) is 11.6 Å². The van der Waals surface area contributed by atoms with Gasteiger partial charge in [0.1, 0.15) is 11.6 Å². The molecule has 0 unspecified atom stereocenters. The predicted molar refractivity (Wildman–Crippen MR) is 121 cm³/mol. The second kappa shape index (κ2) is 10.6. The van der Waals surface area contributed by atoms with Gasteiger partial charge in [-0.2, -0.15) is 0 Å². The number of nitrogens with two attached hydrogens (primary N) is 1. The largest absolute Gasteiger partial charge is 0.439 e. The molecule has 0 saturated heterocycles. The van der Waals surface area contributed by atoms with Gasteiger partial charge in [-0.3, -0.25) is 0 Å². The normalized spacial score (nSPS) is 10.9. The zero-order valence-corrected chi connectivity index (χ0v) is 17.8. The number of nitrogens with one attached hydrogen (secondary N) is 1. The van der Waals surface area contributed by atoms with Crippen LogP contribution in [0.4, 0.5) is 10.1 Å². The Morgan fingerprint density at radius 1 is 1.11 bits per heavy atom. The molecular weight excluding hydrogens is 470 g/mol. The molecule has 0 saturated carbocycles. The van der Waals surface area contributed by atoms with E-state index in [1.165, 1.54) is 17.7 Å². The minimum atomic E-state index is -0.356. The maximum atomic E-state index is 13.2. The van der Waals surface area contributed by atoms with Crippen LogP contribution in [0, 0.1) is 5.82 Å². The quantitative estimate of drug-likeness (QED) is 0.285. The third-order valence-corrected chi connectivity index (χ3v) is 3.86. The minimum absolute atomic E-state index is 0. The Morgan fingerprint density at radius 2 is 1.93 bits per heavy atom. The van der Waals surface area contributed by atoms with Gasteiger partial charge in [0.05, 0.1) is 6.54 Å². The van der Waals surface area contributed by atoms with E-state index in [-0.39, 0.29) is 29.8 Å². The highest BCUT2D eigenvalue weighted by atomic mass is 127. The Bertz CT molecular complexity index is 932. The van der Waals surface area contributed by atoms with Crippen LogP contribution in [-0.4, -0.2) is 10.9 Å². The molecule has 0 amide bonds. The molecule has 3 aromatic rings. The first kappa shape index (κ1) is 21.6. The summed E-state index contributed by atoms with van der Waals surface area (Å²) in [5.41, 5.74) is 8.97. The number of halogens is 2. The van der Waals surface area contributed by atoms with Crippen molar-refractivity contribution in [3.63, 3.8) is 0 Å². The van der Waals surface area contributed by atoms with Gasteiger partial charge in [0.25, 0.3) is 0 Å². The number of rotatable bonds is 6. The van der Waals surface area contributed by atoms with Crippen molar-refractivity contribution in [3.8, 4) is 11.6 Å². The van der Waals surface area contributed by atoms with Gasteiger partial charge >= 0.3 is 0 Å². The maximum Gasteiger partial charge on any atom is 0.219 e. The van der Waals surface area contributed by atoms with Crippen molar-refractivity contribution < 1.29 is 9.13 Å². The van der Waals surface area contributed by atoms with E-state index in [4.69, 9.17) is 10.5 Å². The Hall–Kier alpha value is -2.68. The average molecular weight is 492 g/mol. The summed E-state index contributed by atoms with van der Waals surface area (Å²) in [6.07, 6.45) is 2.62. The van der Waals surface area contributed by atoms with E-state index in [1.54, 1.807) is 24.4 Å². The van der Waals surface area contributed by atoms with Crippen molar-refractivity contribution in [2.24, 2.45) is 10.7 Å². The molecule has 0 atom stereocenters. The maximum absolute atomic E-state index is 13.2. The van der Waals surface area contributed by atoms with E-state index in [9.17, 15) is 4.39 Å². The molecule has 0 aliphatic rings. The number of hydrogen-bond acceptors (Lipinski definition) is 3. The number of anilines is 1. The van der Waals surface area contributed by atoms with Crippen LogP contribution in [-0.2, 0) is 13.0 Å². The van der Waals surface area contributed by atoms with Crippen LogP contribution < -0.4 is 15.8 Å². The molecule has 3 rings (SSSR count). The third kappa shape index (κ3) is 6.49. The van der Waals surface area contributed by atoms with Crippen molar-refractivity contribution in [2.75, 3.05) is 5.32 Å². The molecule has 2 aromatic carbocycles. The standard InChI is InChI=1S/C21H21FN4O.HI/c1-2-15-5-3-7-18(11-15)26-21(23)25-14-16-9-10-20(24-13-16)27-19-8-4-6-17(22)12-19;/h3-13H,2,14H2,1H3,(H3,23,25,26);1H. The van der Waals surface area contributed by atoms with Gasteiger partial charge in [0, 0.05) is 24.0 Å². The Labute approximate surface area is 180 Å². The van der Waals surface area contributed by atoms with E-state index in [2.05, 4.69) is 28.3 Å². The molecule has 0 aliphatic heterocycles. The van der Waals surface area contributed by atoms with Gasteiger partial charge in [0.15, 0.2) is 5.96 Å². The summed E-state index contributed by atoms with van der Waals surface area (Å²) in [7, 11) is 0. The number of ether oxygens (including phenoxy) is 1. The summed E-state index contributed by atoms with van der Waals surface area (Å²) in [4.78, 5) is 8.54. The van der Waals surface area contributed by atoms with Gasteiger partial charge in [-0.1, -0.05) is 31.2 Å². The fourth-order valence-electron chi connectivity index (χ4n) is 2.45. The van der Waals surface area contributed by atoms with Crippen molar-refractivity contribution in [3.05, 3.63) is 83.8 Å². The highest BCUT2D eigenvalue weighted by Gasteiger charge is 2.01. The van der Waals surface area contributed by atoms with Gasteiger partial charge in [0.2, 0.25) is 5.88 Å². The lowest BCUT2D eigenvalue weighted by molar-refractivity contribution is 0.457. The number of aromatic nitrogens is 1. The van der Waals surface area contributed by atoms with E-state index in [0.29, 0.717) is 24.1 Å². The van der Waals surface area contributed by atoms with Crippen LogP contribution in [0.25, 0.3) is 0 Å². The van der Waals surface area contributed by atoms with Crippen LogP contribution >= 0.6 is 24.0 Å². The number of nitrogens with zero attached hydrogens (tertiary/aromatic N) is 2. The SMILES string of the molecule is CCc1cccc(NC(N)=NCc2ccc(Oc3cccc(F)c3)nc2)c1.I. The third-order valence-electron chi connectivity index (χ3n) is 3.86. The van der Waals surface area contributed by atoms with Crippen molar-refractivity contribution >= 4 is 35.6 Å². The molecule has 1 aromatic heterocycles. The summed E-state index contributed by atoms with van der Waals surface area (Å²) in [5.74, 6) is 0.765. The predicted octanol–water partition coefficient (Wildman–Crippen LogP) is 5.12. The number of hydrogen-bond donors (Lipinski definition) is 2. The van der Waals surface area contributed by atoms with E-state index < -0.39 is 0 Å². The number of aryl methyl sites for hydroxylation is 1. The first-order valence-electron chi connectivity index (χ1n) is 8.66.